The summed E-state index contributed by atoms with van der Waals surface area (Å²) in [4.78, 5) is 0. The smallest absolute Gasteiger partial charge is 0.0616 e. The first-order valence-electron chi connectivity index (χ1n) is 4.59. The Morgan fingerprint density at radius 1 is 1.36 bits per heavy atom. The number of rotatable bonds is 3. The van der Waals surface area contributed by atoms with E-state index in [1.165, 1.54) is 32.1 Å². The molecule has 0 aromatic rings. The van der Waals surface area contributed by atoms with E-state index in [4.69, 9.17) is 10.5 Å². The molecule has 1 fully saturated rings. The molecular weight excluding hydrogens is 138 g/mol. The summed E-state index contributed by atoms with van der Waals surface area (Å²) in [6.07, 6.45) is 6.75. The lowest BCUT2D eigenvalue weighted by Gasteiger charge is -2.26. The molecule has 2 heteroatoms. The average Bonchev–Trinajstić information content (AvgIpc) is 2.07. The SMILES string of the molecule is COCC(N)C1CCCCC1. The highest BCUT2D eigenvalue weighted by atomic mass is 16.5. The highest BCUT2D eigenvalue weighted by Gasteiger charge is 2.19. The summed E-state index contributed by atoms with van der Waals surface area (Å²) in [6.45, 7) is 0.727. The Kier molecular flexibility index (Phi) is 3.87. The zero-order valence-electron chi connectivity index (χ0n) is 7.38. The van der Waals surface area contributed by atoms with Gasteiger partial charge in [-0.2, -0.15) is 0 Å². The molecule has 0 radical (unpaired) electrons. The normalized spacial score (nSPS) is 23.5. The molecule has 11 heavy (non-hydrogen) atoms. The number of hydrogen-bond acceptors (Lipinski definition) is 2. The van der Waals surface area contributed by atoms with Gasteiger partial charge in [0.2, 0.25) is 0 Å². The van der Waals surface area contributed by atoms with Crippen molar-refractivity contribution < 1.29 is 4.74 Å². The third-order valence-electron chi connectivity index (χ3n) is 2.61. The Balaban J connectivity index is 2.21. The fourth-order valence-electron chi connectivity index (χ4n) is 1.89. The highest BCUT2D eigenvalue weighted by molar-refractivity contribution is 4.75. The molecule has 1 rings (SSSR count). The van der Waals surface area contributed by atoms with Gasteiger partial charge in [0.25, 0.3) is 0 Å². The van der Waals surface area contributed by atoms with Gasteiger partial charge in [-0.15, -0.1) is 0 Å². The van der Waals surface area contributed by atoms with Crippen LogP contribution in [0.3, 0.4) is 0 Å². The third-order valence-corrected chi connectivity index (χ3v) is 2.61. The molecule has 2 nitrogen and oxygen atoms in total. The molecule has 0 aromatic heterocycles. The Bertz CT molecular complexity index is 99.7. The van der Waals surface area contributed by atoms with Gasteiger partial charge >= 0.3 is 0 Å². The minimum absolute atomic E-state index is 0.278. The second-order valence-electron chi connectivity index (χ2n) is 3.52. The average molecular weight is 157 g/mol. The van der Waals surface area contributed by atoms with Crippen LogP contribution in [0.4, 0.5) is 0 Å². The minimum Gasteiger partial charge on any atom is -0.383 e. The van der Waals surface area contributed by atoms with Crippen molar-refractivity contribution in [3.8, 4) is 0 Å². The lowest BCUT2D eigenvalue weighted by molar-refractivity contribution is 0.144. The number of methoxy groups -OCH3 is 1. The van der Waals surface area contributed by atoms with Crippen LogP contribution >= 0.6 is 0 Å². The molecule has 0 aliphatic heterocycles. The van der Waals surface area contributed by atoms with E-state index in [-0.39, 0.29) is 6.04 Å². The van der Waals surface area contributed by atoms with E-state index in [1.807, 2.05) is 0 Å². The van der Waals surface area contributed by atoms with Crippen LogP contribution in [-0.4, -0.2) is 19.8 Å². The highest BCUT2D eigenvalue weighted by Crippen LogP contribution is 2.25. The molecule has 0 aromatic carbocycles. The van der Waals surface area contributed by atoms with Crippen molar-refractivity contribution in [3.05, 3.63) is 0 Å². The summed E-state index contributed by atoms with van der Waals surface area (Å²) < 4.78 is 5.03. The Labute approximate surface area is 69.1 Å². The lowest BCUT2D eigenvalue weighted by atomic mass is 9.84. The van der Waals surface area contributed by atoms with Crippen LogP contribution in [0.15, 0.2) is 0 Å². The number of ether oxygens (including phenoxy) is 1. The first kappa shape index (κ1) is 9.01. The molecule has 0 spiro atoms. The maximum atomic E-state index is 5.93. The molecule has 66 valence electrons. The van der Waals surface area contributed by atoms with E-state index in [2.05, 4.69) is 0 Å². The molecule has 1 unspecified atom stereocenters. The van der Waals surface area contributed by atoms with E-state index in [0.29, 0.717) is 0 Å². The van der Waals surface area contributed by atoms with Gasteiger partial charge < -0.3 is 10.5 Å². The second-order valence-corrected chi connectivity index (χ2v) is 3.52. The summed E-state index contributed by atoms with van der Waals surface area (Å²) >= 11 is 0. The second kappa shape index (κ2) is 4.73. The molecule has 2 N–H and O–H groups in total. The van der Waals surface area contributed by atoms with Gasteiger partial charge in [-0.25, -0.2) is 0 Å². The molecule has 1 aliphatic carbocycles. The van der Waals surface area contributed by atoms with Crippen LogP contribution in [0.5, 0.6) is 0 Å². The molecular formula is C9H19NO. The molecule has 0 saturated heterocycles. The fourth-order valence-corrected chi connectivity index (χ4v) is 1.89. The van der Waals surface area contributed by atoms with Crippen LogP contribution in [0.1, 0.15) is 32.1 Å². The van der Waals surface area contributed by atoms with Crippen LogP contribution in [0.2, 0.25) is 0 Å². The molecule has 0 heterocycles. The fraction of sp³-hybridized carbons (Fsp3) is 1.00. The number of hydrogen-bond donors (Lipinski definition) is 1. The quantitative estimate of drug-likeness (QED) is 0.674. The molecule has 1 aliphatic rings. The van der Waals surface area contributed by atoms with E-state index in [0.717, 1.165) is 12.5 Å². The van der Waals surface area contributed by atoms with Gasteiger partial charge in [0, 0.05) is 13.2 Å². The number of nitrogens with two attached hydrogens (primary N) is 1. The Morgan fingerprint density at radius 3 is 2.55 bits per heavy atom. The van der Waals surface area contributed by atoms with Gasteiger partial charge in [-0.05, 0) is 18.8 Å². The topological polar surface area (TPSA) is 35.2 Å². The van der Waals surface area contributed by atoms with Crippen molar-refractivity contribution in [2.45, 2.75) is 38.1 Å². The minimum atomic E-state index is 0.278. The largest absolute Gasteiger partial charge is 0.383 e. The summed E-state index contributed by atoms with van der Waals surface area (Å²) in [6, 6.07) is 0.278. The summed E-state index contributed by atoms with van der Waals surface area (Å²) in [5.41, 5.74) is 5.93. The van der Waals surface area contributed by atoms with Gasteiger partial charge in [0.05, 0.1) is 6.61 Å². The zero-order chi connectivity index (χ0) is 8.10. The van der Waals surface area contributed by atoms with E-state index < -0.39 is 0 Å². The Hall–Kier alpha value is -0.0800. The van der Waals surface area contributed by atoms with E-state index in [9.17, 15) is 0 Å². The summed E-state index contributed by atoms with van der Waals surface area (Å²) in [5.74, 6) is 0.726. The first-order chi connectivity index (χ1) is 5.34. The van der Waals surface area contributed by atoms with Crippen molar-refractivity contribution in [3.63, 3.8) is 0 Å². The van der Waals surface area contributed by atoms with Crippen molar-refractivity contribution in [1.82, 2.24) is 0 Å². The van der Waals surface area contributed by atoms with E-state index >= 15 is 0 Å². The molecule has 1 atom stereocenters. The van der Waals surface area contributed by atoms with Crippen LogP contribution in [0, 0.1) is 5.92 Å². The summed E-state index contributed by atoms with van der Waals surface area (Å²) in [5, 5.41) is 0. The first-order valence-corrected chi connectivity index (χ1v) is 4.59. The van der Waals surface area contributed by atoms with Crippen molar-refractivity contribution >= 4 is 0 Å². The monoisotopic (exact) mass is 157 g/mol. The van der Waals surface area contributed by atoms with Gasteiger partial charge in [0.15, 0.2) is 0 Å². The van der Waals surface area contributed by atoms with Crippen molar-refractivity contribution in [2.24, 2.45) is 11.7 Å². The molecule has 0 bridgehead atoms. The zero-order valence-corrected chi connectivity index (χ0v) is 7.38. The van der Waals surface area contributed by atoms with Crippen LogP contribution < -0.4 is 5.73 Å². The van der Waals surface area contributed by atoms with Gasteiger partial charge in [-0.3, -0.25) is 0 Å². The predicted molar refractivity (Wildman–Crippen MR) is 46.4 cm³/mol. The molecule has 1 saturated carbocycles. The summed E-state index contributed by atoms with van der Waals surface area (Å²) in [7, 11) is 1.72. The molecule has 0 amide bonds. The van der Waals surface area contributed by atoms with Crippen LogP contribution in [0.25, 0.3) is 0 Å². The maximum absolute atomic E-state index is 5.93. The Morgan fingerprint density at radius 2 is 2.00 bits per heavy atom. The van der Waals surface area contributed by atoms with Crippen molar-refractivity contribution in [1.29, 1.82) is 0 Å². The predicted octanol–water partition coefficient (Wildman–Crippen LogP) is 1.54. The van der Waals surface area contributed by atoms with Gasteiger partial charge in [-0.1, -0.05) is 19.3 Å². The standard InChI is InChI=1S/C9H19NO/c1-11-7-9(10)8-5-3-2-4-6-8/h8-9H,2-7,10H2,1H3. The van der Waals surface area contributed by atoms with Crippen molar-refractivity contribution in [2.75, 3.05) is 13.7 Å². The van der Waals surface area contributed by atoms with Gasteiger partial charge in [0.1, 0.15) is 0 Å². The lowest BCUT2D eigenvalue weighted by Crippen LogP contribution is -2.35. The van der Waals surface area contributed by atoms with Crippen LogP contribution in [-0.2, 0) is 4.74 Å². The third kappa shape index (κ3) is 2.80. The van der Waals surface area contributed by atoms with E-state index in [1.54, 1.807) is 7.11 Å². The maximum Gasteiger partial charge on any atom is 0.0616 e.